The molecule has 0 aliphatic carbocycles. The number of carbonyl (C=O) groups excluding carboxylic acids is 1. The summed E-state index contributed by atoms with van der Waals surface area (Å²) in [6, 6.07) is 7.49. The van der Waals surface area contributed by atoms with E-state index in [0.717, 1.165) is 18.7 Å². The molecular formula is C16H19N3O3. The topological polar surface area (TPSA) is 68.5 Å². The summed E-state index contributed by atoms with van der Waals surface area (Å²) in [5.41, 5.74) is 0.912. The van der Waals surface area contributed by atoms with Crippen LogP contribution < -0.4 is 9.64 Å². The van der Waals surface area contributed by atoms with E-state index in [1.807, 2.05) is 38.1 Å². The van der Waals surface area contributed by atoms with Crippen LogP contribution in [0, 0.1) is 0 Å². The van der Waals surface area contributed by atoms with Crippen molar-refractivity contribution >= 4 is 11.6 Å². The summed E-state index contributed by atoms with van der Waals surface area (Å²) >= 11 is 0. The lowest BCUT2D eigenvalue weighted by Crippen LogP contribution is -2.23. The number of hydrogen-bond acceptors (Lipinski definition) is 5. The van der Waals surface area contributed by atoms with E-state index < -0.39 is 0 Å². The van der Waals surface area contributed by atoms with Crippen LogP contribution in [0.3, 0.4) is 0 Å². The predicted molar refractivity (Wildman–Crippen MR) is 80.7 cm³/mol. The maximum atomic E-state index is 11.7. The first kappa shape index (κ1) is 14.6. The Kier molecular flexibility index (Phi) is 4.09. The molecule has 1 amide bonds. The van der Waals surface area contributed by atoms with E-state index in [-0.39, 0.29) is 18.4 Å². The number of nitrogens with zero attached hydrogens (tertiary/aromatic N) is 3. The van der Waals surface area contributed by atoms with Crippen molar-refractivity contribution in [1.82, 2.24) is 10.2 Å². The minimum absolute atomic E-state index is 0.181. The fourth-order valence-electron chi connectivity index (χ4n) is 2.35. The number of rotatable bonds is 5. The maximum Gasteiger partial charge on any atom is 0.253 e. The van der Waals surface area contributed by atoms with Gasteiger partial charge in [-0.3, -0.25) is 4.79 Å². The first-order chi connectivity index (χ1) is 10.6. The zero-order valence-electron chi connectivity index (χ0n) is 12.8. The van der Waals surface area contributed by atoms with Crippen LogP contribution >= 0.6 is 0 Å². The lowest BCUT2D eigenvalue weighted by Gasteiger charge is -2.15. The van der Waals surface area contributed by atoms with Crippen molar-refractivity contribution in [2.24, 2.45) is 0 Å². The normalized spacial score (nSPS) is 14.9. The number of aromatic nitrogens is 2. The zero-order valence-corrected chi connectivity index (χ0v) is 12.8. The maximum absolute atomic E-state index is 11.7. The third kappa shape index (κ3) is 3.10. The van der Waals surface area contributed by atoms with Gasteiger partial charge in [0.15, 0.2) is 6.61 Å². The van der Waals surface area contributed by atoms with Crippen molar-refractivity contribution in [3.63, 3.8) is 0 Å². The fraction of sp³-hybridized carbons (Fsp3) is 0.438. The van der Waals surface area contributed by atoms with Gasteiger partial charge >= 0.3 is 0 Å². The molecule has 1 aromatic heterocycles. The Labute approximate surface area is 129 Å². The molecule has 3 rings (SSSR count). The van der Waals surface area contributed by atoms with Gasteiger partial charge in [-0.1, -0.05) is 13.8 Å². The van der Waals surface area contributed by atoms with E-state index in [2.05, 4.69) is 10.2 Å². The van der Waals surface area contributed by atoms with Gasteiger partial charge in [-0.15, -0.1) is 10.2 Å². The van der Waals surface area contributed by atoms with Gasteiger partial charge in [-0.2, -0.15) is 0 Å². The second-order valence-corrected chi connectivity index (χ2v) is 5.62. The number of ether oxygens (including phenoxy) is 1. The van der Waals surface area contributed by atoms with E-state index >= 15 is 0 Å². The SMILES string of the molecule is CC(C)c1nnc(COc2ccc(N3CCCC3=O)cc2)o1. The van der Waals surface area contributed by atoms with E-state index in [9.17, 15) is 4.79 Å². The largest absolute Gasteiger partial charge is 0.484 e. The average Bonchev–Trinajstić information content (AvgIpc) is 3.15. The van der Waals surface area contributed by atoms with Gasteiger partial charge in [-0.25, -0.2) is 0 Å². The van der Waals surface area contributed by atoms with E-state index in [0.29, 0.717) is 24.0 Å². The molecule has 0 bridgehead atoms. The summed E-state index contributed by atoms with van der Waals surface area (Å²) in [5, 5.41) is 7.91. The molecule has 1 aliphatic heterocycles. The number of amides is 1. The fourth-order valence-corrected chi connectivity index (χ4v) is 2.35. The summed E-state index contributed by atoms with van der Waals surface area (Å²) in [5.74, 6) is 2.17. The highest BCUT2D eigenvalue weighted by atomic mass is 16.5. The van der Waals surface area contributed by atoms with Crippen LogP contribution in [-0.2, 0) is 11.4 Å². The van der Waals surface area contributed by atoms with Gasteiger partial charge in [0.05, 0.1) is 0 Å². The van der Waals surface area contributed by atoms with Gasteiger partial charge in [0.2, 0.25) is 11.8 Å². The van der Waals surface area contributed by atoms with Gasteiger partial charge in [-0.05, 0) is 30.7 Å². The smallest absolute Gasteiger partial charge is 0.253 e. The minimum Gasteiger partial charge on any atom is -0.484 e. The standard InChI is InChI=1S/C16H19N3O3/c1-11(2)16-18-17-14(22-16)10-21-13-7-5-12(6-8-13)19-9-3-4-15(19)20/h5-8,11H,3-4,9-10H2,1-2H3. The molecule has 22 heavy (non-hydrogen) atoms. The minimum atomic E-state index is 0.181. The van der Waals surface area contributed by atoms with E-state index in [1.54, 1.807) is 4.90 Å². The van der Waals surface area contributed by atoms with Crippen LogP contribution in [0.15, 0.2) is 28.7 Å². The Morgan fingerprint density at radius 2 is 2.05 bits per heavy atom. The van der Waals surface area contributed by atoms with Crippen molar-refractivity contribution in [3.8, 4) is 5.75 Å². The summed E-state index contributed by atoms with van der Waals surface area (Å²) in [6.45, 7) is 5.02. The molecule has 116 valence electrons. The highest BCUT2D eigenvalue weighted by Crippen LogP contribution is 2.24. The Morgan fingerprint density at radius 1 is 1.27 bits per heavy atom. The Bertz CT molecular complexity index is 649. The molecule has 2 heterocycles. The second kappa shape index (κ2) is 6.17. The first-order valence-electron chi connectivity index (χ1n) is 7.49. The number of anilines is 1. The van der Waals surface area contributed by atoms with Crippen LogP contribution in [-0.4, -0.2) is 22.6 Å². The second-order valence-electron chi connectivity index (χ2n) is 5.62. The third-order valence-corrected chi connectivity index (χ3v) is 3.56. The van der Waals surface area contributed by atoms with Gasteiger partial charge in [0.25, 0.3) is 5.89 Å². The van der Waals surface area contributed by atoms with Gasteiger partial charge in [0, 0.05) is 24.6 Å². The lowest BCUT2D eigenvalue weighted by molar-refractivity contribution is -0.117. The van der Waals surface area contributed by atoms with Crippen molar-refractivity contribution in [3.05, 3.63) is 36.0 Å². The summed E-state index contributed by atoms with van der Waals surface area (Å²) in [7, 11) is 0. The molecule has 0 spiro atoms. The molecule has 6 heteroatoms. The number of carbonyl (C=O) groups is 1. The van der Waals surface area contributed by atoms with Crippen LogP contribution in [0.5, 0.6) is 5.75 Å². The van der Waals surface area contributed by atoms with Crippen molar-refractivity contribution in [1.29, 1.82) is 0 Å². The molecule has 0 radical (unpaired) electrons. The third-order valence-electron chi connectivity index (χ3n) is 3.56. The first-order valence-corrected chi connectivity index (χ1v) is 7.49. The Balaban J connectivity index is 1.60. The summed E-state index contributed by atoms with van der Waals surface area (Å²) < 4.78 is 11.1. The molecule has 1 aliphatic rings. The van der Waals surface area contributed by atoms with Crippen LogP contribution in [0.2, 0.25) is 0 Å². The highest BCUT2D eigenvalue weighted by Gasteiger charge is 2.21. The number of benzene rings is 1. The number of hydrogen-bond donors (Lipinski definition) is 0. The van der Waals surface area contributed by atoms with Gasteiger partial charge < -0.3 is 14.1 Å². The van der Waals surface area contributed by atoms with Crippen LogP contribution in [0.4, 0.5) is 5.69 Å². The molecule has 1 saturated heterocycles. The molecule has 0 saturated carbocycles. The summed E-state index contributed by atoms with van der Waals surface area (Å²) in [4.78, 5) is 13.5. The van der Waals surface area contributed by atoms with E-state index in [1.165, 1.54) is 0 Å². The molecule has 0 unspecified atom stereocenters. The molecular weight excluding hydrogens is 282 g/mol. The molecule has 0 N–H and O–H groups in total. The highest BCUT2D eigenvalue weighted by molar-refractivity contribution is 5.95. The monoisotopic (exact) mass is 301 g/mol. The average molecular weight is 301 g/mol. The van der Waals surface area contributed by atoms with Crippen LogP contribution in [0.25, 0.3) is 0 Å². The van der Waals surface area contributed by atoms with Crippen molar-refractivity contribution in [2.75, 3.05) is 11.4 Å². The molecule has 2 aromatic rings. The molecule has 1 fully saturated rings. The summed E-state index contributed by atoms with van der Waals surface area (Å²) in [6.07, 6.45) is 1.56. The Hall–Kier alpha value is -2.37. The quantitative estimate of drug-likeness (QED) is 0.849. The molecule has 6 nitrogen and oxygen atoms in total. The molecule has 0 atom stereocenters. The van der Waals surface area contributed by atoms with Crippen LogP contribution in [0.1, 0.15) is 44.4 Å². The van der Waals surface area contributed by atoms with E-state index in [4.69, 9.17) is 9.15 Å². The zero-order chi connectivity index (χ0) is 15.5. The van der Waals surface area contributed by atoms with Gasteiger partial charge in [0.1, 0.15) is 5.75 Å². The molecule has 1 aromatic carbocycles. The van der Waals surface area contributed by atoms with Crippen molar-refractivity contribution in [2.45, 2.75) is 39.2 Å². The predicted octanol–water partition coefficient (Wildman–Crippen LogP) is 2.90. The lowest BCUT2D eigenvalue weighted by atomic mass is 10.2. The van der Waals surface area contributed by atoms with Crippen molar-refractivity contribution < 1.29 is 13.9 Å². The Morgan fingerprint density at radius 3 is 2.64 bits per heavy atom.